The molecule has 1 amide bonds. The van der Waals surface area contributed by atoms with E-state index in [0.29, 0.717) is 38.0 Å². The number of carbonyl (C=O) groups excluding carboxylic acids is 1. The maximum absolute atomic E-state index is 12.8. The van der Waals surface area contributed by atoms with Crippen molar-refractivity contribution in [1.82, 2.24) is 14.9 Å². The summed E-state index contributed by atoms with van der Waals surface area (Å²) >= 11 is 1.56. The van der Waals surface area contributed by atoms with Gasteiger partial charge in [-0.1, -0.05) is 18.2 Å². The van der Waals surface area contributed by atoms with Crippen molar-refractivity contribution in [3.63, 3.8) is 0 Å². The quantitative estimate of drug-likeness (QED) is 0.687. The van der Waals surface area contributed by atoms with Gasteiger partial charge in [-0.25, -0.2) is 4.98 Å². The van der Waals surface area contributed by atoms with E-state index in [4.69, 9.17) is 4.74 Å². The van der Waals surface area contributed by atoms with Gasteiger partial charge >= 0.3 is 0 Å². The Bertz CT molecular complexity index is 876. The van der Waals surface area contributed by atoms with Gasteiger partial charge in [0.2, 0.25) is 11.8 Å². The van der Waals surface area contributed by atoms with Gasteiger partial charge < -0.3 is 14.5 Å². The molecule has 4 rings (SSSR count). The summed E-state index contributed by atoms with van der Waals surface area (Å²) in [5, 5.41) is 1.12. The lowest BCUT2D eigenvalue weighted by Gasteiger charge is -2.34. The molecule has 3 heterocycles. The number of ether oxygens (including phenoxy) is 1. The molecule has 1 aliphatic heterocycles. The van der Waals surface area contributed by atoms with Gasteiger partial charge in [0.05, 0.1) is 12.0 Å². The van der Waals surface area contributed by atoms with Crippen LogP contribution in [0.4, 0.5) is 5.95 Å². The number of piperazine rings is 1. The number of carbonyl (C=O) groups is 1. The van der Waals surface area contributed by atoms with Crippen LogP contribution in [0.25, 0.3) is 10.1 Å². The number of rotatable bonds is 3. The van der Waals surface area contributed by atoms with E-state index >= 15 is 0 Å². The second kappa shape index (κ2) is 7.88. The van der Waals surface area contributed by atoms with Gasteiger partial charge in [-0.2, -0.15) is 4.98 Å². The van der Waals surface area contributed by atoms with E-state index in [2.05, 4.69) is 20.9 Å². The number of amides is 1. The predicted octanol–water partition coefficient (Wildman–Crippen LogP) is 3.08. The first-order valence-corrected chi connectivity index (χ1v) is 8.96. The van der Waals surface area contributed by atoms with Crippen molar-refractivity contribution in [2.24, 2.45) is 0 Å². The minimum atomic E-state index is 0. The van der Waals surface area contributed by atoms with Gasteiger partial charge in [-0.05, 0) is 17.5 Å². The minimum absolute atomic E-state index is 0. The second-order valence-electron chi connectivity index (χ2n) is 5.83. The Labute approximate surface area is 161 Å². The van der Waals surface area contributed by atoms with Crippen molar-refractivity contribution in [2.75, 3.05) is 38.2 Å². The maximum atomic E-state index is 12.8. The fraction of sp³-hybridized carbons (Fsp3) is 0.278. The molecule has 136 valence electrons. The number of halogens is 1. The van der Waals surface area contributed by atoms with E-state index in [1.54, 1.807) is 30.7 Å². The molecule has 0 spiro atoms. The van der Waals surface area contributed by atoms with Crippen LogP contribution >= 0.6 is 23.7 Å². The van der Waals surface area contributed by atoms with Gasteiger partial charge in [-0.3, -0.25) is 4.79 Å². The SMILES string of the molecule is COc1ccnc(N2CCN(C(=O)c3cc4ccccc4s3)CC2)n1.Cl. The normalized spacial score (nSPS) is 14.2. The first-order valence-electron chi connectivity index (χ1n) is 8.14. The lowest BCUT2D eigenvalue weighted by atomic mass is 10.2. The highest BCUT2D eigenvalue weighted by Crippen LogP contribution is 2.26. The Hall–Kier alpha value is -2.38. The zero-order valence-corrected chi connectivity index (χ0v) is 15.9. The lowest BCUT2D eigenvalue weighted by Crippen LogP contribution is -2.49. The molecule has 0 bridgehead atoms. The van der Waals surface area contributed by atoms with E-state index < -0.39 is 0 Å². The van der Waals surface area contributed by atoms with Crippen molar-refractivity contribution in [2.45, 2.75) is 0 Å². The summed E-state index contributed by atoms with van der Waals surface area (Å²) in [6.07, 6.45) is 1.69. The van der Waals surface area contributed by atoms with Crippen LogP contribution in [0.1, 0.15) is 9.67 Å². The van der Waals surface area contributed by atoms with Crippen LogP contribution in [-0.2, 0) is 0 Å². The predicted molar refractivity (Wildman–Crippen MR) is 106 cm³/mol. The Balaban J connectivity index is 0.00000196. The molecule has 0 aliphatic carbocycles. The molecule has 2 aromatic heterocycles. The molecule has 6 nitrogen and oxygen atoms in total. The zero-order chi connectivity index (χ0) is 17.2. The Morgan fingerprint density at radius 2 is 1.92 bits per heavy atom. The van der Waals surface area contributed by atoms with Gasteiger partial charge in [0.15, 0.2) is 0 Å². The molecule has 1 aliphatic rings. The van der Waals surface area contributed by atoms with Crippen LogP contribution in [0, 0.1) is 0 Å². The molecule has 0 unspecified atom stereocenters. The van der Waals surface area contributed by atoms with Crippen molar-refractivity contribution < 1.29 is 9.53 Å². The lowest BCUT2D eigenvalue weighted by molar-refractivity contribution is 0.0751. The monoisotopic (exact) mass is 390 g/mol. The van der Waals surface area contributed by atoms with E-state index in [9.17, 15) is 4.79 Å². The Morgan fingerprint density at radius 1 is 1.15 bits per heavy atom. The van der Waals surface area contributed by atoms with Gasteiger partial charge in [0, 0.05) is 43.1 Å². The first kappa shape index (κ1) is 18.4. The fourth-order valence-electron chi connectivity index (χ4n) is 2.95. The Kier molecular flexibility index (Phi) is 5.58. The molecule has 0 radical (unpaired) electrons. The van der Waals surface area contributed by atoms with E-state index in [0.717, 1.165) is 15.0 Å². The summed E-state index contributed by atoms with van der Waals surface area (Å²) in [7, 11) is 1.59. The number of anilines is 1. The fourth-order valence-corrected chi connectivity index (χ4v) is 3.98. The summed E-state index contributed by atoms with van der Waals surface area (Å²) < 4.78 is 6.30. The number of methoxy groups -OCH3 is 1. The number of fused-ring (bicyclic) bond motifs is 1. The van der Waals surface area contributed by atoms with Gasteiger partial charge in [-0.15, -0.1) is 23.7 Å². The third kappa shape index (κ3) is 3.59. The molecule has 8 heteroatoms. The van der Waals surface area contributed by atoms with E-state index in [1.165, 1.54) is 0 Å². The van der Waals surface area contributed by atoms with Gasteiger partial charge in [0.25, 0.3) is 5.91 Å². The van der Waals surface area contributed by atoms with Crippen LogP contribution in [-0.4, -0.2) is 54.1 Å². The minimum Gasteiger partial charge on any atom is -0.481 e. The molecular weight excluding hydrogens is 372 g/mol. The average molecular weight is 391 g/mol. The average Bonchev–Trinajstić information content (AvgIpc) is 3.12. The summed E-state index contributed by atoms with van der Waals surface area (Å²) in [6, 6.07) is 11.8. The van der Waals surface area contributed by atoms with Crippen molar-refractivity contribution >= 4 is 45.7 Å². The summed E-state index contributed by atoms with van der Waals surface area (Å²) in [5.74, 6) is 1.30. The number of thiophene rings is 1. The molecule has 1 fully saturated rings. The number of hydrogen-bond acceptors (Lipinski definition) is 6. The molecule has 1 saturated heterocycles. The van der Waals surface area contributed by atoms with Gasteiger partial charge in [0.1, 0.15) is 0 Å². The third-order valence-electron chi connectivity index (χ3n) is 4.31. The smallest absolute Gasteiger partial charge is 0.264 e. The topological polar surface area (TPSA) is 58.6 Å². The van der Waals surface area contributed by atoms with Crippen LogP contribution in [0.15, 0.2) is 42.6 Å². The molecular formula is C18H19ClN4O2S. The van der Waals surface area contributed by atoms with E-state index in [1.807, 2.05) is 29.2 Å². The number of nitrogens with zero attached hydrogens (tertiary/aromatic N) is 4. The summed E-state index contributed by atoms with van der Waals surface area (Å²) in [6.45, 7) is 2.74. The molecule has 0 N–H and O–H groups in total. The largest absolute Gasteiger partial charge is 0.481 e. The van der Waals surface area contributed by atoms with E-state index in [-0.39, 0.29) is 18.3 Å². The summed E-state index contributed by atoms with van der Waals surface area (Å²) in [5.41, 5.74) is 0. The Morgan fingerprint density at radius 3 is 2.65 bits per heavy atom. The van der Waals surface area contributed by atoms with Crippen LogP contribution in [0.3, 0.4) is 0 Å². The first-order chi connectivity index (χ1) is 12.2. The molecule has 26 heavy (non-hydrogen) atoms. The summed E-state index contributed by atoms with van der Waals surface area (Å²) in [4.78, 5) is 26.2. The highest BCUT2D eigenvalue weighted by molar-refractivity contribution is 7.20. The molecule has 0 saturated carbocycles. The maximum Gasteiger partial charge on any atom is 0.264 e. The van der Waals surface area contributed by atoms with Crippen LogP contribution in [0.2, 0.25) is 0 Å². The van der Waals surface area contributed by atoms with Crippen molar-refractivity contribution in [1.29, 1.82) is 0 Å². The van der Waals surface area contributed by atoms with Crippen molar-refractivity contribution in [3.8, 4) is 5.88 Å². The number of hydrogen-bond donors (Lipinski definition) is 0. The van der Waals surface area contributed by atoms with Crippen LogP contribution in [0.5, 0.6) is 5.88 Å². The molecule has 3 aromatic rings. The molecule has 1 aromatic carbocycles. The highest BCUT2D eigenvalue weighted by atomic mass is 35.5. The third-order valence-corrected chi connectivity index (χ3v) is 5.42. The zero-order valence-electron chi connectivity index (χ0n) is 14.3. The highest BCUT2D eigenvalue weighted by Gasteiger charge is 2.24. The second-order valence-corrected chi connectivity index (χ2v) is 6.91. The van der Waals surface area contributed by atoms with Crippen LogP contribution < -0.4 is 9.64 Å². The molecule has 0 atom stereocenters. The van der Waals surface area contributed by atoms with Crippen molar-refractivity contribution in [3.05, 3.63) is 47.5 Å². The number of benzene rings is 1. The standard InChI is InChI=1S/C18H18N4O2S.ClH/c1-24-16-6-7-19-18(20-16)22-10-8-21(9-11-22)17(23)15-12-13-4-2-3-5-14(13)25-15;/h2-7,12H,8-11H2,1H3;1H. The number of aromatic nitrogens is 2.